The average molecular weight is 450 g/mol. The second-order valence-corrected chi connectivity index (χ2v) is 8.79. The minimum absolute atomic E-state index is 0.144. The summed E-state index contributed by atoms with van der Waals surface area (Å²) in [7, 11) is 0. The SMILES string of the molecule is CCOC(=O)C1=C(C)N(CC(=O)OC(C)(C)C)c2nnnn2C1c1cccc2ccccc12. The zero-order chi connectivity index (χ0) is 23.8. The van der Waals surface area contributed by atoms with Gasteiger partial charge in [-0.3, -0.25) is 4.79 Å². The molecule has 0 fully saturated rings. The van der Waals surface area contributed by atoms with E-state index in [9.17, 15) is 9.59 Å². The molecule has 1 unspecified atom stereocenters. The molecule has 0 saturated heterocycles. The molecule has 2 aromatic carbocycles. The minimum Gasteiger partial charge on any atom is -0.463 e. The third kappa shape index (κ3) is 4.30. The van der Waals surface area contributed by atoms with Gasteiger partial charge < -0.3 is 14.4 Å². The van der Waals surface area contributed by atoms with Gasteiger partial charge in [0.2, 0.25) is 0 Å². The first-order chi connectivity index (χ1) is 15.7. The summed E-state index contributed by atoms with van der Waals surface area (Å²) in [5.74, 6) is -0.587. The highest BCUT2D eigenvalue weighted by atomic mass is 16.6. The summed E-state index contributed by atoms with van der Waals surface area (Å²) in [5.41, 5.74) is 1.13. The number of carbonyl (C=O) groups is 2. The number of benzene rings is 2. The molecular weight excluding hydrogens is 422 g/mol. The molecule has 0 bridgehead atoms. The second-order valence-electron chi connectivity index (χ2n) is 8.79. The van der Waals surface area contributed by atoms with Crippen molar-refractivity contribution in [3.05, 3.63) is 59.3 Å². The van der Waals surface area contributed by atoms with Crippen LogP contribution in [0.15, 0.2) is 53.7 Å². The topological polar surface area (TPSA) is 99.4 Å². The molecule has 1 aliphatic heterocycles. The molecule has 9 nitrogen and oxygen atoms in total. The first-order valence-corrected chi connectivity index (χ1v) is 10.8. The summed E-state index contributed by atoms with van der Waals surface area (Å²) < 4.78 is 12.5. The van der Waals surface area contributed by atoms with Gasteiger partial charge in [-0.05, 0) is 61.4 Å². The van der Waals surface area contributed by atoms with Crippen LogP contribution >= 0.6 is 0 Å². The lowest BCUT2D eigenvalue weighted by atomic mass is 9.91. The summed E-state index contributed by atoms with van der Waals surface area (Å²) in [6.45, 7) is 9.00. The number of rotatable bonds is 5. The smallest absolute Gasteiger partial charge is 0.338 e. The largest absolute Gasteiger partial charge is 0.463 e. The van der Waals surface area contributed by atoms with Gasteiger partial charge in [0.25, 0.3) is 5.95 Å². The van der Waals surface area contributed by atoms with Crippen LogP contribution in [-0.4, -0.2) is 50.9 Å². The summed E-state index contributed by atoms with van der Waals surface area (Å²) >= 11 is 0. The Bertz CT molecular complexity index is 1240. The number of hydrogen-bond acceptors (Lipinski definition) is 8. The van der Waals surface area contributed by atoms with Crippen molar-refractivity contribution in [1.82, 2.24) is 20.2 Å². The van der Waals surface area contributed by atoms with Gasteiger partial charge in [-0.2, -0.15) is 4.68 Å². The molecule has 0 radical (unpaired) electrons. The standard InChI is InChI=1S/C24H27N5O4/c1-6-32-22(31)20-15(2)28(14-19(30)33-24(3,4)5)23-25-26-27-29(23)21(20)18-13-9-11-16-10-7-8-12-17(16)18/h7-13,21H,6,14H2,1-5H3. The van der Waals surface area contributed by atoms with E-state index in [1.165, 1.54) is 0 Å². The number of aromatic nitrogens is 4. The number of esters is 2. The van der Waals surface area contributed by atoms with E-state index in [1.54, 1.807) is 44.2 Å². The number of hydrogen-bond donors (Lipinski definition) is 0. The number of tetrazole rings is 1. The fourth-order valence-electron chi connectivity index (χ4n) is 4.09. The summed E-state index contributed by atoms with van der Waals surface area (Å²) in [6.07, 6.45) is 0. The van der Waals surface area contributed by atoms with Crippen LogP contribution in [0.3, 0.4) is 0 Å². The van der Waals surface area contributed by atoms with Gasteiger partial charge in [-0.15, -0.1) is 0 Å². The number of ether oxygens (including phenoxy) is 2. The second kappa shape index (κ2) is 8.65. The van der Waals surface area contributed by atoms with Crippen molar-refractivity contribution < 1.29 is 19.1 Å². The van der Waals surface area contributed by atoms with E-state index in [2.05, 4.69) is 15.5 Å². The molecule has 33 heavy (non-hydrogen) atoms. The first kappa shape index (κ1) is 22.4. The van der Waals surface area contributed by atoms with Crippen molar-refractivity contribution in [2.75, 3.05) is 18.1 Å². The molecule has 1 atom stereocenters. The predicted octanol–water partition coefficient (Wildman–Crippen LogP) is 3.41. The van der Waals surface area contributed by atoms with Crippen molar-refractivity contribution in [2.45, 2.75) is 46.3 Å². The normalized spacial score (nSPS) is 16.0. The molecule has 0 saturated carbocycles. The molecule has 0 aliphatic carbocycles. The summed E-state index contributed by atoms with van der Waals surface area (Å²) in [4.78, 5) is 27.5. The van der Waals surface area contributed by atoms with Crippen LogP contribution < -0.4 is 4.90 Å². The lowest BCUT2D eigenvalue weighted by Gasteiger charge is -2.35. The quantitative estimate of drug-likeness (QED) is 0.547. The Balaban J connectivity index is 1.88. The Kier molecular flexibility index (Phi) is 5.88. The highest BCUT2D eigenvalue weighted by molar-refractivity contribution is 5.95. The highest BCUT2D eigenvalue weighted by Gasteiger charge is 2.40. The molecule has 0 amide bonds. The number of allylic oxidation sites excluding steroid dienone is 1. The van der Waals surface area contributed by atoms with E-state index in [-0.39, 0.29) is 13.2 Å². The number of carbonyl (C=O) groups excluding carboxylic acids is 2. The van der Waals surface area contributed by atoms with E-state index >= 15 is 0 Å². The Hall–Kier alpha value is -3.75. The third-order valence-electron chi connectivity index (χ3n) is 5.35. The molecule has 0 spiro atoms. The maximum atomic E-state index is 13.2. The molecule has 2 heterocycles. The number of fused-ring (bicyclic) bond motifs is 2. The van der Waals surface area contributed by atoms with Crippen LogP contribution in [0.1, 0.15) is 46.2 Å². The van der Waals surface area contributed by atoms with Crippen LogP contribution in [0.2, 0.25) is 0 Å². The van der Waals surface area contributed by atoms with Crippen LogP contribution in [-0.2, 0) is 19.1 Å². The summed E-state index contributed by atoms with van der Waals surface area (Å²) in [6, 6.07) is 13.2. The molecule has 0 N–H and O–H groups in total. The predicted molar refractivity (Wildman–Crippen MR) is 122 cm³/mol. The maximum Gasteiger partial charge on any atom is 0.338 e. The highest BCUT2D eigenvalue weighted by Crippen LogP contribution is 2.40. The van der Waals surface area contributed by atoms with Crippen LogP contribution in [0.25, 0.3) is 10.8 Å². The maximum absolute atomic E-state index is 13.2. The summed E-state index contributed by atoms with van der Waals surface area (Å²) in [5, 5.41) is 14.2. The van der Waals surface area contributed by atoms with Crippen molar-refractivity contribution >= 4 is 28.7 Å². The van der Waals surface area contributed by atoms with Crippen LogP contribution in [0.4, 0.5) is 5.95 Å². The molecule has 1 aliphatic rings. The molecule has 4 rings (SSSR count). The Morgan fingerprint density at radius 2 is 1.82 bits per heavy atom. The van der Waals surface area contributed by atoms with E-state index in [0.717, 1.165) is 16.3 Å². The van der Waals surface area contributed by atoms with Crippen molar-refractivity contribution in [3.63, 3.8) is 0 Å². The lowest BCUT2D eigenvalue weighted by Crippen LogP contribution is -2.41. The van der Waals surface area contributed by atoms with Crippen molar-refractivity contribution in [1.29, 1.82) is 0 Å². The van der Waals surface area contributed by atoms with E-state index in [0.29, 0.717) is 17.2 Å². The molecule has 1 aromatic heterocycles. The zero-order valence-corrected chi connectivity index (χ0v) is 19.4. The van der Waals surface area contributed by atoms with Gasteiger partial charge >= 0.3 is 11.9 Å². The Labute approximate surface area is 192 Å². The fraction of sp³-hybridized carbons (Fsp3) is 0.375. The van der Waals surface area contributed by atoms with Crippen LogP contribution in [0, 0.1) is 0 Å². The van der Waals surface area contributed by atoms with Crippen LogP contribution in [0.5, 0.6) is 0 Å². The lowest BCUT2D eigenvalue weighted by molar-refractivity contribution is -0.153. The molecule has 3 aromatic rings. The fourth-order valence-corrected chi connectivity index (χ4v) is 4.09. The van der Waals surface area contributed by atoms with E-state index in [1.807, 2.05) is 42.5 Å². The molecule has 172 valence electrons. The van der Waals surface area contributed by atoms with Gasteiger partial charge in [-0.25, -0.2) is 4.79 Å². The van der Waals surface area contributed by atoms with Gasteiger partial charge in [0.1, 0.15) is 18.2 Å². The van der Waals surface area contributed by atoms with E-state index in [4.69, 9.17) is 9.47 Å². The minimum atomic E-state index is -0.647. The molecule has 9 heteroatoms. The number of nitrogens with zero attached hydrogens (tertiary/aromatic N) is 5. The molecular formula is C24H27N5O4. The van der Waals surface area contributed by atoms with Gasteiger partial charge in [0, 0.05) is 5.70 Å². The monoisotopic (exact) mass is 449 g/mol. The van der Waals surface area contributed by atoms with Crippen molar-refractivity contribution in [2.24, 2.45) is 0 Å². The van der Waals surface area contributed by atoms with Gasteiger partial charge in [-0.1, -0.05) is 47.6 Å². The first-order valence-electron chi connectivity index (χ1n) is 10.8. The Morgan fingerprint density at radius 3 is 2.55 bits per heavy atom. The number of anilines is 1. The average Bonchev–Trinajstić information content (AvgIpc) is 3.23. The van der Waals surface area contributed by atoms with E-state index < -0.39 is 23.6 Å². The van der Waals surface area contributed by atoms with Crippen molar-refractivity contribution in [3.8, 4) is 0 Å². The van der Waals surface area contributed by atoms with Gasteiger partial charge in [0.15, 0.2) is 0 Å². The zero-order valence-electron chi connectivity index (χ0n) is 19.4. The van der Waals surface area contributed by atoms with Gasteiger partial charge in [0.05, 0.1) is 12.2 Å². The third-order valence-corrected chi connectivity index (χ3v) is 5.35. The Morgan fingerprint density at radius 1 is 1.09 bits per heavy atom.